The minimum Gasteiger partial charge on any atom is -0.493 e. The number of aromatic nitrogens is 3. The number of benzene rings is 2. The number of hydrogen-bond donors (Lipinski definition) is 2. The van der Waals surface area contributed by atoms with Crippen molar-refractivity contribution in [2.45, 2.75) is 12.8 Å². The number of nitrogens with one attached hydrogen (secondary N) is 1. The van der Waals surface area contributed by atoms with E-state index in [0.717, 1.165) is 17.4 Å². The Bertz CT molecular complexity index is 1740. The first-order valence-corrected chi connectivity index (χ1v) is 13.0. The maximum Gasteiger partial charge on any atom is 0.267 e. The lowest BCUT2D eigenvalue weighted by Crippen LogP contribution is -2.29. The van der Waals surface area contributed by atoms with Crippen molar-refractivity contribution in [3.63, 3.8) is 0 Å². The number of ether oxygens (including phenoxy) is 3. The Morgan fingerprint density at radius 2 is 1.73 bits per heavy atom. The van der Waals surface area contributed by atoms with Crippen LogP contribution in [0, 0.1) is 0 Å². The van der Waals surface area contributed by atoms with Crippen molar-refractivity contribution < 1.29 is 19.0 Å². The number of fused-ring (bicyclic) bond motifs is 1. The number of hydrogen-bond acceptors (Lipinski definition) is 8. The van der Waals surface area contributed by atoms with Crippen LogP contribution < -0.4 is 30.8 Å². The molecule has 208 valence electrons. The maximum absolute atomic E-state index is 13.3. The second-order valence-corrected chi connectivity index (χ2v) is 9.13. The molecule has 0 radical (unpaired) electrons. The van der Waals surface area contributed by atoms with Crippen LogP contribution in [0.15, 0.2) is 90.1 Å². The van der Waals surface area contributed by atoms with E-state index in [2.05, 4.69) is 15.3 Å². The van der Waals surface area contributed by atoms with Crippen LogP contribution >= 0.6 is 0 Å². The molecule has 0 unspecified atom stereocenters. The Kier molecular flexibility index (Phi) is 8.21. The Hall–Kier alpha value is -5.22. The summed E-state index contributed by atoms with van der Waals surface area (Å²) in [6.45, 7) is 0.501. The minimum absolute atomic E-state index is 0.0122. The molecule has 0 saturated carbocycles. The molecule has 0 aliphatic carbocycles. The molecule has 0 aliphatic heterocycles. The van der Waals surface area contributed by atoms with E-state index < -0.39 is 11.5 Å². The third-order valence-electron chi connectivity index (χ3n) is 6.44. The molecule has 41 heavy (non-hydrogen) atoms. The molecule has 3 N–H and O–H groups in total. The van der Waals surface area contributed by atoms with E-state index in [1.807, 2.05) is 30.3 Å². The minimum atomic E-state index is -0.559. The first-order valence-electron chi connectivity index (χ1n) is 13.0. The lowest BCUT2D eigenvalue weighted by Gasteiger charge is -2.13. The molecule has 0 aliphatic rings. The van der Waals surface area contributed by atoms with Gasteiger partial charge in [0.05, 0.1) is 25.9 Å². The molecule has 2 aromatic carbocycles. The molecule has 0 bridgehead atoms. The van der Waals surface area contributed by atoms with Crippen molar-refractivity contribution in [1.82, 2.24) is 14.5 Å². The van der Waals surface area contributed by atoms with Crippen molar-refractivity contribution in [2.75, 3.05) is 26.1 Å². The van der Waals surface area contributed by atoms with Gasteiger partial charge in [0.2, 0.25) is 0 Å². The molecule has 1 amide bonds. The largest absolute Gasteiger partial charge is 0.493 e. The van der Waals surface area contributed by atoms with Crippen molar-refractivity contribution in [2.24, 2.45) is 5.73 Å². The highest BCUT2D eigenvalue weighted by molar-refractivity contribution is 6.03. The summed E-state index contributed by atoms with van der Waals surface area (Å²) in [4.78, 5) is 35.2. The molecule has 0 saturated heterocycles. The summed E-state index contributed by atoms with van der Waals surface area (Å²) in [6, 6.07) is 19.4. The fourth-order valence-corrected chi connectivity index (χ4v) is 4.39. The summed E-state index contributed by atoms with van der Waals surface area (Å²) in [5.74, 6) is 1.81. The predicted octanol–water partition coefficient (Wildman–Crippen LogP) is 4.73. The van der Waals surface area contributed by atoms with Gasteiger partial charge in [-0.05, 0) is 67.4 Å². The number of rotatable bonds is 10. The van der Waals surface area contributed by atoms with Crippen molar-refractivity contribution in [3.8, 4) is 28.7 Å². The second-order valence-electron chi connectivity index (χ2n) is 9.13. The standard InChI is InChI=1S/C31H29N5O5/c1-39-27-16-23-25(17-28(27)40-2)33-14-12-26(23)41-22-10-11-29(34-18-22)35-30(37)24-15-20(7-6-13-32)19-36(31(24)38)21-8-4-3-5-9-21/h3-5,8-12,14-19H,6-7,13,32H2,1-2H3,(H,34,35,37). The third-order valence-corrected chi connectivity index (χ3v) is 6.44. The summed E-state index contributed by atoms with van der Waals surface area (Å²) in [6.07, 6.45) is 6.24. The van der Waals surface area contributed by atoms with Gasteiger partial charge in [-0.15, -0.1) is 0 Å². The zero-order valence-electron chi connectivity index (χ0n) is 22.7. The fourth-order valence-electron chi connectivity index (χ4n) is 4.39. The highest BCUT2D eigenvalue weighted by atomic mass is 16.5. The quantitative estimate of drug-likeness (QED) is 0.255. The van der Waals surface area contributed by atoms with E-state index >= 15 is 0 Å². The third kappa shape index (κ3) is 6.02. The van der Waals surface area contributed by atoms with E-state index in [1.165, 1.54) is 10.8 Å². The zero-order chi connectivity index (χ0) is 28.8. The first-order chi connectivity index (χ1) is 20.0. The second kappa shape index (κ2) is 12.3. The monoisotopic (exact) mass is 551 g/mol. The van der Waals surface area contributed by atoms with Crippen LogP contribution in [0.3, 0.4) is 0 Å². The lowest BCUT2D eigenvalue weighted by atomic mass is 10.1. The van der Waals surface area contributed by atoms with E-state index in [1.54, 1.807) is 63.0 Å². The molecule has 10 nitrogen and oxygen atoms in total. The number of anilines is 1. The predicted molar refractivity (Wildman–Crippen MR) is 157 cm³/mol. The average Bonchev–Trinajstić information content (AvgIpc) is 3.01. The molecular weight excluding hydrogens is 522 g/mol. The molecule has 0 fully saturated rings. The van der Waals surface area contributed by atoms with Crippen LogP contribution in [-0.4, -0.2) is 41.2 Å². The molecule has 0 spiro atoms. The SMILES string of the molecule is COc1cc2nccc(Oc3ccc(NC(=O)c4cc(CCCN)cn(-c5ccccc5)c4=O)nc3)c2cc1OC. The van der Waals surface area contributed by atoms with Crippen molar-refractivity contribution >= 4 is 22.6 Å². The van der Waals surface area contributed by atoms with Crippen LogP contribution in [0.25, 0.3) is 16.6 Å². The molecule has 3 aromatic heterocycles. The summed E-state index contributed by atoms with van der Waals surface area (Å²) >= 11 is 0. The van der Waals surface area contributed by atoms with Crippen LogP contribution in [0.5, 0.6) is 23.0 Å². The van der Waals surface area contributed by atoms with E-state index in [4.69, 9.17) is 19.9 Å². The molecule has 5 aromatic rings. The molecule has 3 heterocycles. The lowest BCUT2D eigenvalue weighted by molar-refractivity contribution is 0.102. The van der Waals surface area contributed by atoms with Gasteiger partial charge in [0.25, 0.3) is 11.5 Å². The molecular formula is C31H29N5O5. The van der Waals surface area contributed by atoms with Gasteiger partial charge in [-0.1, -0.05) is 18.2 Å². The molecule has 0 atom stereocenters. The summed E-state index contributed by atoms with van der Waals surface area (Å²) in [5, 5.41) is 3.45. The highest BCUT2D eigenvalue weighted by Crippen LogP contribution is 2.36. The Morgan fingerprint density at radius 1 is 0.951 bits per heavy atom. The number of amides is 1. The summed E-state index contributed by atoms with van der Waals surface area (Å²) in [7, 11) is 3.12. The molecule has 10 heteroatoms. The summed E-state index contributed by atoms with van der Waals surface area (Å²) < 4.78 is 18.3. The first kappa shape index (κ1) is 27.4. The van der Waals surface area contributed by atoms with Gasteiger partial charge in [0.15, 0.2) is 11.5 Å². The number of para-hydroxylation sites is 1. The Balaban J connectivity index is 1.38. The van der Waals surface area contributed by atoms with Crippen LogP contribution in [0.4, 0.5) is 5.82 Å². The average molecular weight is 552 g/mol. The van der Waals surface area contributed by atoms with Crippen molar-refractivity contribution in [1.29, 1.82) is 0 Å². The van der Waals surface area contributed by atoms with Crippen LogP contribution in [0.1, 0.15) is 22.3 Å². The van der Waals surface area contributed by atoms with E-state index in [0.29, 0.717) is 47.2 Å². The van der Waals surface area contributed by atoms with Gasteiger partial charge >= 0.3 is 0 Å². The number of nitrogens with two attached hydrogens (primary N) is 1. The van der Waals surface area contributed by atoms with Crippen LogP contribution in [0.2, 0.25) is 0 Å². The van der Waals surface area contributed by atoms with Crippen LogP contribution in [-0.2, 0) is 6.42 Å². The number of carbonyl (C=O) groups excluding carboxylic acids is 1. The maximum atomic E-state index is 13.3. The number of methoxy groups -OCH3 is 2. The van der Waals surface area contributed by atoms with Gasteiger partial charge in [-0.2, -0.15) is 0 Å². The number of aryl methyl sites for hydroxylation is 1. The van der Waals surface area contributed by atoms with Crippen molar-refractivity contribution in [3.05, 3.63) is 107 Å². The van der Waals surface area contributed by atoms with Gasteiger partial charge in [-0.3, -0.25) is 19.1 Å². The fraction of sp³-hybridized carbons (Fsp3) is 0.161. The Labute approximate surface area is 236 Å². The normalized spacial score (nSPS) is 10.8. The van der Waals surface area contributed by atoms with Gasteiger partial charge in [0, 0.05) is 29.5 Å². The van der Waals surface area contributed by atoms with Gasteiger partial charge in [0.1, 0.15) is 22.9 Å². The number of pyridine rings is 3. The van der Waals surface area contributed by atoms with E-state index in [9.17, 15) is 9.59 Å². The van der Waals surface area contributed by atoms with E-state index in [-0.39, 0.29) is 11.4 Å². The number of nitrogens with zero attached hydrogens (tertiary/aromatic N) is 3. The number of carbonyl (C=O) groups is 1. The zero-order valence-corrected chi connectivity index (χ0v) is 22.7. The molecule has 5 rings (SSSR count). The smallest absolute Gasteiger partial charge is 0.267 e. The van der Waals surface area contributed by atoms with Gasteiger partial charge in [-0.25, -0.2) is 4.98 Å². The topological polar surface area (TPSA) is 131 Å². The van der Waals surface area contributed by atoms with Gasteiger partial charge < -0.3 is 25.3 Å². The Morgan fingerprint density at radius 3 is 2.44 bits per heavy atom. The summed E-state index contributed by atoms with van der Waals surface area (Å²) in [5.41, 5.74) is 7.44. The highest BCUT2D eigenvalue weighted by Gasteiger charge is 2.17.